The van der Waals surface area contributed by atoms with Crippen LogP contribution in [0.1, 0.15) is 32.3 Å². The fourth-order valence-electron chi connectivity index (χ4n) is 4.23. The SMILES string of the molecule is CCOc1cc(CN2CCC(N3C=NC4=CNC=CC43)CC2)cc(OCC)c1F. The minimum atomic E-state index is -0.414. The Morgan fingerprint density at radius 2 is 1.83 bits per heavy atom. The number of hydrogen-bond acceptors (Lipinski definition) is 6. The van der Waals surface area contributed by atoms with E-state index in [-0.39, 0.29) is 17.5 Å². The summed E-state index contributed by atoms with van der Waals surface area (Å²) < 4.78 is 25.4. The standard InChI is InChI=1S/C22H29FN4O2/c1-3-28-20-11-16(12-21(22(20)23)29-4-2)14-26-9-6-17(7-10-26)27-15-25-18-13-24-8-5-19(18)27/h5,8,11-13,15,17,19,24H,3-4,6-7,9-10,14H2,1-2H3. The normalized spacial score (nSPS) is 21.7. The van der Waals surface area contributed by atoms with E-state index in [1.165, 1.54) is 0 Å². The van der Waals surface area contributed by atoms with Gasteiger partial charge in [-0.15, -0.1) is 0 Å². The van der Waals surface area contributed by atoms with Crippen molar-refractivity contribution in [2.75, 3.05) is 26.3 Å². The average molecular weight is 400 g/mol. The minimum Gasteiger partial charge on any atom is -0.491 e. The lowest BCUT2D eigenvalue weighted by atomic mass is 10.0. The first-order valence-electron chi connectivity index (χ1n) is 10.4. The van der Waals surface area contributed by atoms with Crippen LogP contribution in [0.3, 0.4) is 0 Å². The summed E-state index contributed by atoms with van der Waals surface area (Å²) in [4.78, 5) is 9.32. The molecule has 1 N–H and O–H groups in total. The topological polar surface area (TPSA) is 49.3 Å². The van der Waals surface area contributed by atoms with E-state index >= 15 is 0 Å². The lowest BCUT2D eigenvalue weighted by Crippen LogP contribution is -2.46. The molecule has 0 aliphatic carbocycles. The Bertz CT molecular complexity index is 788. The minimum absolute atomic E-state index is 0.257. The summed E-state index contributed by atoms with van der Waals surface area (Å²) in [5, 5.41) is 3.11. The van der Waals surface area contributed by atoms with E-state index in [0.29, 0.717) is 19.3 Å². The predicted molar refractivity (Wildman–Crippen MR) is 112 cm³/mol. The third kappa shape index (κ3) is 4.24. The van der Waals surface area contributed by atoms with Crippen molar-refractivity contribution in [1.29, 1.82) is 0 Å². The Morgan fingerprint density at radius 3 is 2.48 bits per heavy atom. The number of piperidine rings is 1. The zero-order valence-electron chi connectivity index (χ0n) is 17.1. The molecule has 0 bridgehead atoms. The number of hydrogen-bond donors (Lipinski definition) is 1. The van der Waals surface area contributed by atoms with Gasteiger partial charge < -0.3 is 19.7 Å². The highest BCUT2D eigenvalue weighted by atomic mass is 19.1. The Morgan fingerprint density at radius 1 is 1.14 bits per heavy atom. The molecule has 3 heterocycles. The van der Waals surface area contributed by atoms with E-state index in [2.05, 4.69) is 26.2 Å². The molecule has 4 rings (SSSR count). The maximum absolute atomic E-state index is 14.5. The van der Waals surface area contributed by atoms with Crippen molar-refractivity contribution in [2.45, 2.75) is 45.3 Å². The first kappa shape index (κ1) is 19.8. The zero-order chi connectivity index (χ0) is 20.2. The van der Waals surface area contributed by atoms with E-state index in [1.54, 1.807) is 12.1 Å². The van der Waals surface area contributed by atoms with E-state index in [0.717, 1.165) is 43.7 Å². The molecule has 0 saturated carbocycles. The molecule has 29 heavy (non-hydrogen) atoms. The van der Waals surface area contributed by atoms with Gasteiger partial charge in [0, 0.05) is 31.9 Å². The zero-order valence-corrected chi connectivity index (χ0v) is 17.1. The molecule has 3 aliphatic heterocycles. The maximum Gasteiger partial charge on any atom is 0.206 e. The van der Waals surface area contributed by atoms with Crippen molar-refractivity contribution in [2.24, 2.45) is 4.99 Å². The highest BCUT2D eigenvalue weighted by Gasteiger charge is 2.32. The Hall–Kier alpha value is -2.54. The largest absolute Gasteiger partial charge is 0.491 e. The number of halogens is 1. The van der Waals surface area contributed by atoms with Gasteiger partial charge in [-0.3, -0.25) is 4.90 Å². The summed E-state index contributed by atoms with van der Waals surface area (Å²) in [6.07, 6.45) is 10.3. The van der Waals surface area contributed by atoms with Gasteiger partial charge in [-0.05, 0) is 56.7 Å². The molecular weight excluding hydrogens is 371 g/mol. The highest BCUT2D eigenvalue weighted by Crippen LogP contribution is 2.31. The third-order valence-electron chi connectivity index (χ3n) is 5.62. The van der Waals surface area contributed by atoms with Gasteiger partial charge in [-0.25, -0.2) is 4.99 Å². The Kier molecular flexibility index (Phi) is 6.04. The molecule has 1 saturated heterocycles. The molecule has 1 aromatic rings. The van der Waals surface area contributed by atoms with Crippen LogP contribution in [0.2, 0.25) is 0 Å². The number of likely N-dealkylation sites (tertiary alicyclic amines) is 1. The number of rotatable bonds is 7. The van der Waals surface area contributed by atoms with E-state index in [4.69, 9.17) is 9.47 Å². The van der Waals surface area contributed by atoms with Gasteiger partial charge >= 0.3 is 0 Å². The van der Waals surface area contributed by atoms with Crippen LogP contribution in [0, 0.1) is 5.82 Å². The second-order valence-corrected chi connectivity index (χ2v) is 7.51. The van der Waals surface area contributed by atoms with E-state index in [1.807, 2.05) is 32.6 Å². The van der Waals surface area contributed by atoms with Crippen LogP contribution in [0.4, 0.5) is 4.39 Å². The molecule has 0 spiro atoms. The number of nitrogens with one attached hydrogen (secondary N) is 1. The van der Waals surface area contributed by atoms with Crippen LogP contribution in [0.15, 0.2) is 41.3 Å². The van der Waals surface area contributed by atoms with Gasteiger partial charge in [0.1, 0.15) is 0 Å². The van der Waals surface area contributed by atoms with Gasteiger partial charge in [0.25, 0.3) is 0 Å². The molecule has 1 aromatic carbocycles. The highest BCUT2D eigenvalue weighted by molar-refractivity contribution is 5.64. The molecule has 7 heteroatoms. The Balaban J connectivity index is 1.38. The van der Waals surface area contributed by atoms with Crippen LogP contribution >= 0.6 is 0 Å². The molecule has 3 aliphatic rings. The summed E-state index contributed by atoms with van der Waals surface area (Å²) in [6.45, 7) is 7.32. The van der Waals surface area contributed by atoms with Crippen LogP contribution < -0.4 is 14.8 Å². The maximum atomic E-state index is 14.5. The third-order valence-corrected chi connectivity index (χ3v) is 5.62. The number of nitrogens with zero attached hydrogens (tertiary/aromatic N) is 3. The van der Waals surface area contributed by atoms with Crippen molar-refractivity contribution in [3.8, 4) is 11.5 Å². The molecular formula is C22H29FN4O2. The predicted octanol–water partition coefficient (Wildman–Crippen LogP) is 3.26. The summed E-state index contributed by atoms with van der Waals surface area (Å²) in [7, 11) is 0. The fourth-order valence-corrected chi connectivity index (χ4v) is 4.23. The Labute approximate surface area is 171 Å². The van der Waals surface area contributed by atoms with Crippen molar-refractivity contribution >= 4 is 6.34 Å². The van der Waals surface area contributed by atoms with E-state index in [9.17, 15) is 4.39 Å². The van der Waals surface area contributed by atoms with Gasteiger partial charge in [0.15, 0.2) is 11.5 Å². The first-order chi connectivity index (χ1) is 14.2. The monoisotopic (exact) mass is 400 g/mol. The summed E-state index contributed by atoms with van der Waals surface area (Å²) in [6, 6.07) is 4.35. The van der Waals surface area contributed by atoms with Crippen molar-refractivity contribution in [3.63, 3.8) is 0 Å². The number of ether oxygens (including phenoxy) is 2. The first-order valence-corrected chi connectivity index (χ1v) is 10.4. The molecule has 0 radical (unpaired) electrons. The second-order valence-electron chi connectivity index (χ2n) is 7.51. The van der Waals surface area contributed by atoms with Crippen molar-refractivity contribution in [1.82, 2.24) is 15.1 Å². The summed E-state index contributed by atoms with van der Waals surface area (Å²) in [5.41, 5.74) is 2.10. The quantitative estimate of drug-likeness (QED) is 0.761. The fraction of sp³-hybridized carbons (Fsp3) is 0.500. The molecule has 1 unspecified atom stereocenters. The van der Waals surface area contributed by atoms with Crippen LogP contribution in [-0.4, -0.2) is 54.5 Å². The van der Waals surface area contributed by atoms with Crippen LogP contribution in [0.5, 0.6) is 11.5 Å². The number of fused-ring (bicyclic) bond motifs is 1. The molecule has 156 valence electrons. The molecule has 0 amide bonds. The summed E-state index contributed by atoms with van der Waals surface area (Å²) >= 11 is 0. The average Bonchev–Trinajstić information content (AvgIpc) is 3.16. The number of aliphatic imine (C=N–C) groups is 1. The van der Waals surface area contributed by atoms with Gasteiger partial charge in [-0.2, -0.15) is 4.39 Å². The van der Waals surface area contributed by atoms with Gasteiger partial charge in [0.05, 0.1) is 31.3 Å². The second kappa shape index (κ2) is 8.86. The number of benzene rings is 1. The van der Waals surface area contributed by atoms with Crippen LogP contribution in [-0.2, 0) is 6.54 Å². The smallest absolute Gasteiger partial charge is 0.206 e. The van der Waals surface area contributed by atoms with Crippen molar-refractivity contribution in [3.05, 3.63) is 47.7 Å². The van der Waals surface area contributed by atoms with Crippen LogP contribution in [0.25, 0.3) is 0 Å². The van der Waals surface area contributed by atoms with E-state index < -0.39 is 5.82 Å². The van der Waals surface area contributed by atoms with Gasteiger partial charge in [-0.1, -0.05) is 0 Å². The molecule has 6 nitrogen and oxygen atoms in total. The van der Waals surface area contributed by atoms with Crippen molar-refractivity contribution < 1.29 is 13.9 Å². The molecule has 1 fully saturated rings. The molecule has 0 aromatic heterocycles. The summed E-state index contributed by atoms with van der Waals surface area (Å²) in [5.74, 6) is 0.130. The molecule has 1 atom stereocenters. The lowest BCUT2D eigenvalue weighted by molar-refractivity contribution is 0.147. The number of dihydropyridines is 1. The van der Waals surface area contributed by atoms with Gasteiger partial charge in [0.2, 0.25) is 5.82 Å². The lowest BCUT2D eigenvalue weighted by Gasteiger charge is -2.38.